The van der Waals surface area contributed by atoms with E-state index in [0.717, 1.165) is 29.7 Å². The van der Waals surface area contributed by atoms with E-state index in [1.807, 2.05) is 58.1 Å². The molecule has 0 N–H and O–H groups in total. The summed E-state index contributed by atoms with van der Waals surface area (Å²) in [5, 5.41) is 5.15. The van der Waals surface area contributed by atoms with E-state index in [4.69, 9.17) is 16.3 Å². The number of benzene rings is 2. The molecule has 1 fully saturated rings. The van der Waals surface area contributed by atoms with Crippen LogP contribution in [0.2, 0.25) is 5.02 Å². The molecule has 6 nitrogen and oxygen atoms in total. The maximum Gasteiger partial charge on any atom is 0.233 e. The molecule has 2 aromatic carbocycles. The topological polar surface area (TPSA) is 60.2 Å². The minimum absolute atomic E-state index is 0.0813. The molecule has 7 heteroatoms. The van der Waals surface area contributed by atoms with Crippen LogP contribution in [-0.2, 0) is 4.79 Å². The van der Waals surface area contributed by atoms with Crippen LogP contribution in [0.4, 0.5) is 5.95 Å². The molecular weight excluding hydrogens is 388 g/mol. The zero-order chi connectivity index (χ0) is 20.0. The van der Waals surface area contributed by atoms with Crippen molar-refractivity contribution in [2.75, 3.05) is 12.0 Å². The average molecular weight is 409 g/mol. The van der Waals surface area contributed by atoms with Gasteiger partial charge in [0.1, 0.15) is 12.1 Å². The normalized spacial score (nSPS) is 21.0. The highest BCUT2D eigenvalue weighted by Gasteiger charge is 2.44. The smallest absolute Gasteiger partial charge is 0.233 e. The van der Waals surface area contributed by atoms with Gasteiger partial charge in [0, 0.05) is 16.5 Å². The first-order chi connectivity index (χ1) is 14.2. The molecule has 5 rings (SSSR count). The predicted molar refractivity (Wildman–Crippen MR) is 110 cm³/mol. The fourth-order valence-electron chi connectivity index (χ4n) is 4.14. The van der Waals surface area contributed by atoms with Crippen LogP contribution >= 0.6 is 11.6 Å². The van der Waals surface area contributed by atoms with Crippen LogP contribution in [0.25, 0.3) is 0 Å². The van der Waals surface area contributed by atoms with E-state index in [0.29, 0.717) is 17.4 Å². The van der Waals surface area contributed by atoms with E-state index in [9.17, 15) is 4.79 Å². The third-order valence-corrected chi connectivity index (χ3v) is 5.99. The average Bonchev–Trinajstić information content (AvgIpc) is 3.49. The molecular formula is C22H21ClN4O2. The van der Waals surface area contributed by atoms with Gasteiger partial charge in [-0.15, -0.1) is 0 Å². The van der Waals surface area contributed by atoms with E-state index in [2.05, 4.69) is 10.1 Å². The van der Waals surface area contributed by atoms with Gasteiger partial charge in [-0.3, -0.25) is 9.69 Å². The highest BCUT2D eigenvalue weighted by molar-refractivity contribution is 6.30. The third-order valence-electron chi connectivity index (χ3n) is 5.74. The first kappa shape index (κ1) is 18.2. The number of amides is 1. The fraction of sp³-hybridized carbons (Fsp3) is 0.318. The van der Waals surface area contributed by atoms with Gasteiger partial charge < -0.3 is 4.74 Å². The van der Waals surface area contributed by atoms with E-state index in [-0.39, 0.29) is 23.9 Å². The Morgan fingerprint density at radius 3 is 2.59 bits per heavy atom. The summed E-state index contributed by atoms with van der Waals surface area (Å²) in [6.07, 6.45) is 4.07. The van der Waals surface area contributed by atoms with Crippen LogP contribution < -0.4 is 9.64 Å². The zero-order valence-corrected chi connectivity index (χ0v) is 16.8. The van der Waals surface area contributed by atoms with Gasteiger partial charge in [-0.25, -0.2) is 4.68 Å². The van der Waals surface area contributed by atoms with E-state index in [1.165, 1.54) is 6.33 Å². The Kier molecular flexibility index (Phi) is 4.51. The molecule has 1 aliphatic carbocycles. The van der Waals surface area contributed by atoms with Gasteiger partial charge in [0.2, 0.25) is 11.9 Å². The van der Waals surface area contributed by atoms with Gasteiger partial charge in [0.15, 0.2) is 0 Å². The quantitative estimate of drug-likeness (QED) is 0.641. The number of nitrogens with zero attached hydrogens (tertiary/aromatic N) is 4. The summed E-state index contributed by atoms with van der Waals surface area (Å²) in [7, 11) is 1.67. The number of carbonyl (C=O) groups is 1. The molecule has 2 heterocycles. The van der Waals surface area contributed by atoms with Gasteiger partial charge >= 0.3 is 0 Å². The first-order valence-corrected chi connectivity index (χ1v) is 10.2. The Morgan fingerprint density at radius 2 is 1.86 bits per heavy atom. The summed E-state index contributed by atoms with van der Waals surface area (Å²) < 4.78 is 7.46. The number of hydrogen-bond acceptors (Lipinski definition) is 4. The van der Waals surface area contributed by atoms with Crippen LogP contribution in [0.1, 0.15) is 42.5 Å². The minimum Gasteiger partial charge on any atom is -0.496 e. The van der Waals surface area contributed by atoms with Crippen molar-refractivity contribution in [3.05, 3.63) is 71.0 Å². The van der Waals surface area contributed by atoms with Gasteiger partial charge in [0.25, 0.3) is 0 Å². The van der Waals surface area contributed by atoms with E-state index in [1.54, 1.807) is 7.11 Å². The molecule has 0 radical (unpaired) electrons. The summed E-state index contributed by atoms with van der Waals surface area (Å²) >= 11 is 6.11. The molecule has 3 aromatic rings. The van der Waals surface area contributed by atoms with E-state index < -0.39 is 0 Å². The summed E-state index contributed by atoms with van der Waals surface area (Å²) in [6.45, 7) is 0. The van der Waals surface area contributed by atoms with Crippen LogP contribution in [0.15, 0.2) is 54.9 Å². The lowest BCUT2D eigenvalue weighted by Gasteiger charge is -2.39. The second-order valence-corrected chi connectivity index (χ2v) is 7.98. The maximum absolute atomic E-state index is 13.2. The zero-order valence-electron chi connectivity index (χ0n) is 16.0. The summed E-state index contributed by atoms with van der Waals surface area (Å²) in [5.74, 6) is 1.59. The molecule has 29 heavy (non-hydrogen) atoms. The molecule has 0 unspecified atom stereocenters. The molecule has 0 spiro atoms. The second kappa shape index (κ2) is 7.19. The van der Waals surface area contributed by atoms with Crippen molar-refractivity contribution in [2.24, 2.45) is 5.92 Å². The monoisotopic (exact) mass is 408 g/mol. The van der Waals surface area contributed by atoms with Crippen molar-refractivity contribution in [3.63, 3.8) is 0 Å². The predicted octanol–water partition coefficient (Wildman–Crippen LogP) is 4.42. The number of fused-ring (bicyclic) bond motifs is 1. The first-order valence-electron chi connectivity index (χ1n) is 9.78. The minimum atomic E-state index is -0.146. The summed E-state index contributed by atoms with van der Waals surface area (Å²) in [4.78, 5) is 19.5. The van der Waals surface area contributed by atoms with Crippen molar-refractivity contribution in [1.82, 2.24) is 14.8 Å². The number of carbonyl (C=O) groups excluding carboxylic acids is 1. The molecule has 0 saturated heterocycles. The number of hydrogen-bond donors (Lipinski definition) is 0. The van der Waals surface area contributed by atoms with Gasteiger partial charge in [0.05, 0.1) is 19.2 Å². The number of rotatable bonds is 4. The molecule has 1 amide bonds. The summed E-state index contributed by atoms with van der Waals surface area (Å²) in [6, 6.07) is 15.4. The number of anilines is 1. The molecule has 2 atom stereocenters. The highest BCUT2D eigenvalue weighted by Crippen LogP contribution is 2.46. The largest absolute Gasteiger partial charge is 0.496 e. The number of aromatic nitrogens is 3. The lowest BCUT2D eigenvalue weighted by molar-refractivity contribution is -0.120. The molecule has 148 valence electrons. The van der Waals surface area contributed by atoms with Gasteiger partial charge in [-0.05, 0) is 43.0 Å². The van der Waals surface area contributed by atoms with E-state index >= 15 is 0 Å². The van der Waals surface area contributed by atoms with Crippen molar-refractivity contribution in [3.8, 4) is 5.75 Å². The highest BCUT2D eigenvalue weighted by atomic mass is 35.5. The standard InChI is InChI=1S/C22H21ClN4O2/c1-29-20-5-3-2-4-17(20)19-12-18(14-8-10-16(23)11-9-14)26(21(28)15-6-7-15)22-24-13-25-27(19)22/h2-5,8-11,13,15,18-19H,6-7,12H2,1H3/t18-,19+/m1/s1. The molecule has 2 aliphatic rings. The van der Waals surface area contributed by atoms with Crippen molar-refractivity contribution in [1.29, 1.82) is 0 Å². The number of halogens is 1. The number of methoxy groups -OCH3 is 1. The van der Waals surface area contributed by atoms with Crippen LogP contribution in [0, 0.1) is 5.92 Å². The second-order valence-electron chi connectivity index (χ2n) is 7.55. The Bertz CT molecular complexity index is 1040. The Morgan fingerprint density at radius 1 is 1.10 bits per heavy atom. The lowest BCUT2D eigenvalue weighted by Crippen LogP contribution is -2.43. The maximum atomic E-state index is 13.2. The third kappa shape index (κ3) is 3.17. The Labute approximate surface area is 174 Å². The molecule has 1 saturated carbocycles. The van der Waals surface area contributed by atoms with Gasteiger partial charge in [-0.1, -0.05) is 41.9 Å². The summed E-state index contributed by atoms with van der Waals surface area (Å²) in [5.41, 5.74) is 2.07. The SMILES string of the molecule is COc1ccccc1[C@@H]1C[C@H](c2ccc(Cl)cc2)N(C(=O)C2CC2)c2ncnn21. The Balaban J connectivity index is 1.64. The Hall–Kier alpha value is -2.86. The number of para-hydroxylation sites is 1. The van der Waals surface area contributed by atoms with Gasteiger partial charge in [-0.2, -0.15) is 10.1 Å². The van der Waals surface area contributed by atoms with Crippen molar-refractivity contribution < 1.29 is 9.53 Å². The lowest BCUT2D eigenvalue weighted by atomic mass is 9.91. The molecule has 1 aromatic heterocycles. The fourth-order valence-corrected chi connectivity index (χ4v) is 4.27. The molecule has 0 bridgehead atoms. The van der Waals surface area contributed by atoms with Crippen molar-refractivity contribution >= 4 is 23.5 Å². The number of ether oxygens (including phenoxy) is 1. The van der Waals surface area contributed by atoms with Crippen LogP contribution in [0.3, 0.4) is 0 Å². The van der Waals surface area contributed by atoms with Crippen molar-refractivity contribution in [2.45, 2.75) is 31.3 Å². The molecule has 1 aliphatic heterocycles. The van der Waals surface area contributed by atoms with Crippen LogP contribution in [-0.4, -0.2) is 27.8 Å². The van der Waals surface area contributed by atoms with Crippen LogP contribution in [0.5, 0.6) is 5.75 Å².